The number of amides is 1. The average molecular weight is 236 g/mol. The zero-order valence-electron chi connectivity index (χ0n) is 10.3. The molecule has 1 unspecified atom stereocenters. The molecule has 1 atom stereocenters. The van der Waals surface area contributed by atoms with E-state index in [4.69, 9.17) is 4.42 Å². The van der Waals surface area contributed by atoms with E-state index in [-0.39, 0.29) is 5.91 Å². The van der Waals surface area contributed by atoms with Gasteiger partial charge in [0.2, 0.25) is 5.91 Å². The van der Waals surface area contributed by atoms with Gasteiger partial charge in [-0.05, 0) is 44.5 Å². The molecule has 0 bridgehead atoms. The van der Waals surface area contributed by atoms with E-state index in [1.807, 2.05) is 19.1 Å². The van der Waals surface area contributed by atoms with Crippen molar-refractivity contribution < 1.29 is 9.21 Å². The number of furan rings is 1. The van der Waals surface area contributed by atoms with Gasteiger partial charge in [-0.25, -0.2) is 0 Å². The van der Waals surface area contributed by atoms with Crippen molar-refractivity contribution in [2.45, 2.75) is 26.2 Å². The van der Waals surface area contributed by atoms with Gasteiger partial charge in [0.05, 0.1) is 0 Å². The fraction of sp³-hybridized carbons (Fsp3) is 0.615. The fourth-order valence-corrected chi connectivity index (χ4v) is 2.09. The maximum atomic E-state index is 11.6. The summed E-state index contributed by atoms with van der Waals surface area (Å²) in [5, 5.41) is 6.27. The molecule has 0 saturated carbocycles. The Balaban J connectivity index is 1.63. The van der Waals surface area contributed by atoms with Gasteiger partial charge in [-0.3, -0.25) is 4.79 Å². The van der Waals surface area contributed by atoms with Crippen molar-refractivity contribution in [1.82, 2.24) is 10.6 Å². The smallest absolute Gasteiger partial charge is 0.220 e. The number of aryl methyl sites for hydroxylation is 2. The summed E-state index contributed by atoms with van der Waals surface area (Å²) in [4.78, 5) is 11.6. The molecule has 1 aliphatic rings. The van der Waals surface area contributed by atoms with Crippen molar-refractivity contribution in [3.05, 3.63) is 23.7 Å². The molecular formula is C13H20N2O2. The number of carbonyl (C=O) groups is 1. The molecule has 1 aromatic rings. The van der Waals surface area contributed by atoms with Crippen LogP contribution >= 0.6 is 0 Å². The van der Waals surface area contributed by atoms with E-state index in [9.17, 15) is 4.79 Å². The zero-order valence-corrected chi connectivity index (χ0v) is 10.3. The quantitative estimate of drug-likeness (QED) is 0.809. The Morgan fingerprint density at radius 1 is 1.59 bits per heavy atom. The van der Waals surface area contributed by atoms with Crippen LogP contribution in [0.4, 0.5) is 0 Å². The van der Waals surface area contributed by atoms with Crippen LogP contribution < -0.4 is 10.6 Å². The van der Waals surface area contributed by atoms with Crippen LogP contribution in [0.3, 0.4) is 0 Å². The van der Waals surface area contributed by atoms with Crippen molar-refractivity contribution in [2.75, 3.05) is 19.6 Å². The Kier molecular flexibility index (Phi) is 4.20. The van der Waals surface area contributed by atoms with E-state index in [2.05, 4.69) is 10.6 Å². The van der Waals surface area contributed by atoms with Crippen LogP contribution in [0, 0.1) is 12.8 Å². The molecule has 1 fully saturated rings. The molecule has 2 N–H and O–H groups in total. The van der Waals surface area contributed by atoms with Gasteiger partial charge in [0.1, 0.15) is 11.5 Å². The third-order valence-corrected chi connectivity index (χ3v) is 3.14. The lowest BCUT2D eigenvalue weighted by atomic mass is 10.1. The first-order valence-corrected chi connectivity index (χ1v) is 6.27. The molecule has 4 heteroatoms. The predicted molar refractivity (Wildman–Crippen MR) is 65.8 cm³/mol. The number of carbonyl (C=O) groups excluding carboxylic acids is 1. The lowest BCUT2D eigenvalue weighted by Crippen LogP contribution is -2.30. The second-order valence-corrected chi connectivity index (χ2v) is 4.68. The van der Waals surface area contributed by atoms with Crippen molar-refractivity contribution >= 4 is 5.91 Å². The van der Waals surface area contributed by atoms with E-state index >= 15 is 0 Å². The van der Waals surface area contributed by atoms with E-state index in [1.165, 1.54) is 0 Å². The second-order valence-electron chi connectivity index (χ2n) is 4.68. The van der Waals surface area contributed by atoms with E-state index in [0.717, 1.165) is 37.6 Å². The molecule has 17 heavy (non-hydrogen) atoms. The van der Waals surface area contributed by atoms with E-state index < -0.39 is 0 Å². The molecule has 0 spiro atoms. The first-order valence-electron chi connectivity index (χ1n) is 6.27. The third kappa shape index (κ3) is 3.89. The molecule has 0 aromatic carbocycles. The SMILES string of the molecule is Cc1ccc(CCC(=O)NCC2CCNC2)o1. The van der Waals surface area contributed by atoms with Gasteiger partial charge in [-0.1, -0.05) is 0 Å². The van der Waals surface area contributed by atoms with Gasteiger partial charge in [0.15, 0.2) is 0 Å². The van der Waals surface area contributed by atoms with Gasteiger partial charge in [-0.2, -0.15) is 0 Å². The summed E-state index contributed by atoms with van der Waals surface area (Å²) in [6.45, 7) is 4.81. The average Bonchev–Trinajstić information content (AvgIpc) is 2.95. The molecule has 4 nitrogen and oxygen atoms in total. The molecule has 94 valence electrons. The van der Waals surface area contributed by atoms with Crippen molar-refractivity contribution in [3.63, 3.8) is 0 Å². The van der Waals surface area contributed by atoms with Crippen LogP contribution in [0.15, 0.2) is 16.5 Å². The minimum Gasteiger partial charge on any atom is -0.466 e. The number of rotatable bonds is 5. The highest BCUT2D eigenvalue weighted by Crippen LogP contribution is 2.09. The maximum Gasteiger partial charge on any atom is 0.220 e. The molecule has 2 rings (SSSR count). The second kappa shape index (κ2) is 5.87. The molecule has 0 radical (unpaired) electrons. The van der Waals surface area contributed by atoms with E-state index in [0.29, 0.717) is 18.8 Å². The first kappa shape index (κ1) is 12.2. The Bertz CT molecular complexity index is 367. The van der Waals surface area contributed by atoms with Crippen molar-refractivity contribution in [2.24, 2.45) is 5.92 Å². The first-order chi connectivity index (χ1) is 8.24. The molecule has 1 aromatic heterocycles. The lowest BCUT2D eigenvalue weighted by molar-refractivity contribution is -0.121. The van der Waals surface area contributed by atoms with Crippen molar-refractivity contribution in [3.8, 4) is 0 Å². The molecule has 1 amide bonds. The van der Waals surface area contributed by atoms with Crippen LogP contribution in [0.25, 0.3) is 0 Å². The fourth-order valence-electron chi connectivity index (χ4n) is 2.09. The highest BCUT2D eigenvalue weighted by molar-refractivity contribution is 5.76. The van der Waals surface area contributed by atoms with Crippen LogP contribution in [-0.4, -0.2) is 25.5 Å². The third-order valence-electron chi connectivity index (χ3n) is 3.14. The summed E-state index contributed by atoms with van der Waals surface area (Å²) in [5.74, 6) is 2.51. The van der Waals surface area contributed by atoms with Crippen LogP contribution in [0.1, 0.15) is 24.4 Å². The van der Waals surface area contributed by atoms with Crippen LogP contribution in [-0.2, 0) is 11.2 Å². The summed E-state index contributed by atoms with van der Waals surface area (Å²) in [7, 11) is 0. The molecule has 0 aliphatic carbocycles. The topological polar surface area (TPSA) is 54.3 Å². The molecular weight excluding hydrogens is 216 g/mol. The lowest BCUT2D eigenvalue weighted by Gasteiger charge is -2.09. The number of hydrogen-bond acceptors (Lipinski definition) is 3. The Labute approximate surface area is 102 Å². The monoisotopic (exact) mass is 236 g/mol. The number of hydrogen-bond donors (Lipinski definition) is 2. The van der Waals surface area contributed by atoms with Crippen LogP contribution in [0.2, 0.25) is 0 Å². The van der Waals surface area contributed by atoms with Gasteiger partial charge < -0.3 is 15.1 Å². The summed E-state index contributed by atoms with van der Waals surface area (Å²) in [6.07, 6.45) is 2.35. The van der Waals surface area contributed by atoms with Gasteiger partial charge in [0.25, 0.3) is 0 Å². The van der Waals surface area contributed by atoms with Gasteiger partial charge in [0, 0.05) is 19.4 Å². The molecule has 1 aliphatic heterocycles. The molecule has 1 saturated heterocycles. The Morgan fingerprint density at radius 3 is 3.12 bits per heavy atom. The van der Waals surface area contributed by atoms with E-state index in [1.54, 1.807) is 0 Å². The highest BCUT2D eigenvalue weighted by atomic mass is 16.3. The highest BCUT2D eigenvalue weighted by Gasteiger charge is 2.15. The number of nitrogens with one attached hydrogen (secondary N) is 2. The summed E-state index contributed by atoms with van der Waals surface area (Å²) >= 11 is 0. The van der Waals surface area contributed by atoms with Gasteiger partial charge in [-0.15, -0.1) is 0 Å². The largest absolute Gasteiger partial charge is 0.466 e. The predicted octanol–water partition coefficient (Wildman–Crippen LogP) is 1.25. The summed E-state index contributed by atoms with van der Waals surface area (Å²) in [5.41, 5.74) is 0. The minimum atomic E-state index is 0.117. The van der Waals surface area contributed by atoms with Crippen LogP contribution in [0.5, 0.6) is 0 Å². The Morgan fingerprint density at radius 2 is 2.47 bits per heavy atom. The van der Waals surface area contributed by atoms with Gasteiger partial charge >= 0.3 is 0 Å². The molecule has 2 heterocycles. The minimum absolute atomic E-state index is 0.117. The standard InChI is InChI=1S/C13H20N2O2/c1-10-2-3-12(17-10)4-5-13(16)15-9-11-6-7-14-8-11/h2-3,11,14H,4-9H2,1H3,(H,15,16). The normalized spacial score (nSPS) is 19.5. The maximum absolute atomic E-state index is 11.6. The summed E-state index contributed by atoms with van der Waals surface area (Å²) < 4.78 is 5.42. The zero-order chi connectivity index (χ0) is 12.1. The Hall–Kier alpha value is -1.29. The summed E-state index contributed by atoms with van der Waals surface area (Å²) in [6, 6.07) is 3.86. The van der Waals surface area contributed by atoms with Crippen molar-refractivity contribution in [1.29, 1.82) is 0 Å².